The Hall–Kier alpha value is -1.87. The highest BCUT2D eigenvalue weighted by Gasteiger charge is 2.19. The second-order valence-electron chi connectivity index (χ2n) is 4.26. The van der Waals surface area contributed by atoms with Crippen LogP contribution in [0.4, 0.5) is 5.13 Å². The van der Waals surface area contributed by atoms with Crippen molar-refractivity contribution in [3.63, 3.8) is 0 Å². The fourth-order valence-electron chi connectivity index (χ4n) is 2.02. The van der Waals surface area contributed by atoms with Crippen LogP contribution < -0.4 is 10.6 Å². The van der Waals surface area contributed by atoms with Crippen LogP contribution in [0.2, 0.25) is 0 Å². The smallest absolute Gasteiger partial charge is 0.279 e. The Morgan fingerprint density at radius 3 is 3.00 bits per heavy atom. The molecule has 0 aromatic carbocycles. The van der Waals surface area contributed by atoms with Gasteiger partial charge in [0.15, 0.2) is 5.69 Å². The lowest BCUT2D eigenvalue weighted by Gasteiger charge is -2.21. The van der Waals surface area contributed by atoms with Gasteiger partial charge < -0.3 is 5.32 Å². The largest absolute Gasteiger partial charge is 0.317 e. The summed E-state index contributed by atoms with van der Waals surface area (Å²) in [7, 11) is 0. The molecule has 3 rings (SSSR count). The summed E-state index contributed by atoms with van der Waals surface area (Å²) in [5.74, 6) is -0.308. The van der Waals surface area contributed by atoms with E-state index in [1.54, 1.807) is 16.4 Å². The van der Waals surface area contributed by atoms with Gasteiger partial charge in [0.1, 0.15) is 5.51 Å². The number of nitrogens with one attached hydrogen (secondary N) is 2. The third kappa shape index (κ3) is 2.76. The Bertz CT molecular complexity index is 546. The minimum absolute atomic E-state index is 0.300. The SMILES string of the molecule is O=C(Nc1nncs1)c1cn(C2CCNCC2)nn1. The van der Waals surface area contributed by atoms with E-state index >= 15 is 0 Å². The number of hydrogen-bond donors (Lipinski definition) is 2. The number of carbonyl (C=O) groups is 1. The van der Waals surface area contributed by atoms with Gasteiger partial charge in [-0.05, 0) is 25.9 Å². The molecule has 0 radical (unpaired) electrons. The van der Waals surface area contributed by atoms with E-state index in [0.29, 0.717) is 16.9 Å². The van der Waals surface area contributed by atoms with Crippen LogP contribution in [0.25, 0.3) is 0 Å². The normalized spacial score (nSPS) is 16.4. The fourth-order valence-corrected chi connectivity index (χ4v) is 2.46. The number of rotatable bonds is 3. The van der Waals surface area contributed by atoms with Gasteiger partial charge in [-0.2, -0.15) is 0 Å². The Morgan fingerprint density at radius 1 is 1.42 bits per heavy atom. The van der Waals surface area contributed by atoms with E-state index in [1.807, 2.05) is 0 Å². The maximum Gasteiger partial charge on any atom is 0.279 e. The van der Waals surface area contributed by atoms with Gasteiger partial charge in [-0.25, -0.2) is 4.68 Å². The fraction of sp³-hybridized carbons (Fsp3) is 0.500. The molecule has 2 aromatic heterocycles. The molecule has 1 amide bonds. The molecule has 1 aliphatic rings. The summed E-state index contributed by atoms with van der Waals surface area (Å²) < 4.78 is 1.77. The van der Waals surface area contributed by atoms with Crippen LogP contribution in [0.15, 0.2) is 11.7 Å². The van der Waals surface area contributed by atoms with Crippen molar-refractivity contribution in [1.29, 1.82) is 0 Å². The van der Waals surface area contributed by atoms with E-state index in [2.05, 4.69) is 31.1 Å². The molecule has 8 nitrogen and oxygen atoms in total. The highest BCUT2D eigenvalue weighted by atomic mass is 32.1. The number of piperidine rings is 1. The molecule has 1 fully saturated rings. The third-order valence-electron chi connectivity index (χ3n) is 3.01. The highest BCUT2D eigenvalue weighted by molar-refractivity contribution is 7.13. The van der Waals surface area contributed by atoms with E-state index in [-0.39, 0.29) is 5.91 Å². The van der Waals surface area contributed by atoms with Crippen molar-refractivity contribution in [2.24, 2.45) is 0 Å². The predicted molar refractivity (Wildman–Crippen MR) is 69.0 cm³/mol. The van der Waals surface area contributed by atoms with Crippen molar-refractivity contribution >= 4 is 22.4 Å². The van der Waals surface area contributed by atoms with Crippen molar-refractivity contribution in [2.75, 3.05) is 18.4 Å². The molecule has 1 aliphatic heterocycles. The van der Waals surface area contributed by atoms with Gasteiger partial charge >= 0.3 is 0 Å². The first kappa shape index (κ1) is 12.2. The van der Waals surface area contributed by atoms with Gasteiger partial charge in [-0.15, -0.1) is 15.3 Å². The average Bonchev–Trinajstić information content (AvgIpc) is 3.10. The summed E-state index contributed by atoms with van der Waals surface area (Å²) in [5, 5.41) is 21.7. The first-order valence-corrected chi connectivity index (χ1v) is 6.91. The topological polar surface area (TPSA) is 97.6 Å². The van der Waals surface area contributed by atoms with Crippen LogP contribution in [-0.2, 0) is 0 Å². The summed E-state index contributed by atoms with van der Waals surface area (Å²) in [6, 6.07) is 0.317. The van der Waals surface area contributed by atoms with Crippen LogP contribution in [0.5, 0.6) is 0 Å². The monoisotopic (exact) mass is 279 g/mol. The predicted octanol–water partition coefficient (Wildman–Crippen LogP) is 0.306. The molecule has 3 heterocycles. The van der Waals surface area contributed by atoms with Crippen LogP contribution >= 0.6 is 11.3 Å². The average molecular weight is 279 g/mol. The lowest BCUT2D eigenvalue weighted by molar-refractivity contribution is 0.102. The molecule has 0 bridgehead atoms. The second kappa shape index (κ2) is 5.41. The van der Waals surface area contributed by atoms with E-state index < -0.39 is 0 Å². The molecular weight excluding hydrogens is 266 g/mol. The Balaban J connectivity index is 1.68. The van der Waals surface area contributed by atoms with Crippen molar-refractivity contribution in [1.82, 2.24) is 30.5 Å². The first-order chi connectivity index (χ1) is 9.33. The summed E-state index contributed by atoms with van der Waals surface area (Å²) >= 11 is 1.26. The zero-order valence-corrected chi connectivity index (χ0v) is 10.9. The number of carbonyl (C=O) groups excluding carboxylic acids is 1. The van der Waals surface area contributed by atoms with Crippen LogP contribution in [-0.4, -0.2) is 44.2 Å². The number of nitrogens with zero attached hydrogens (tertiary/aromatic N) is 5. The molecular formula is C10H13N7OS. The van der Waals surface area contributed by atoms with Crippen LogP contribution in [0.3, 0.4) is 0 Å². The molecule has 100 valence electrons. The van der Waals surface area contributed by atoms with E-state index in [1.165, 1.54) is 11.3 Å². The molecule has 0 unspecified atom stereocenters. The van der Waals surface area contributed by atoms with Crippen molar-refractivity contribution in [3.8, 4) is 0 Å². The lowest BCUT2D eigenvalue weighted by atomic mass is 10.1. The molecule has 0 saturated carbocycles. The Morgan fingerprint density at radius 2 is 2.26 bits per heavy atom. The number of anilines is 1. The Kier molecular flexibility index (Phi) is 3.47. The highest BCUT2D eigenvalue weighted by Crippen LogP contribution is 2.17. The minimum atomic E-state index is -0.308. The van der Waals surface area contributed by atoms with Gasteiger partial charge in [-0.1, -0.05) is 16.6 Å². The zero-order valence-electron chi connectivity index (χ0n) is 10.1. The third-order valence-corrected chi connectivity index (χ3v) is 3.61. The molecule has 2 N–H and O–H groups in total. The van der Waals surface area contributed by atoms with Crippen molar-refractivity contribution in [2.45, 2.75) is 18.9 Å². The van der Waals surface area contributed by atoms with Crippen molar-refractivity contribution < 1.29 is 4.79 Å². The minimum Gasteiger partial charge on any atom is -0.317 e. The van der Waals surface area contributed by atoms with Gasteiger partial charge in [0.2, 0.25) is 5.13 Å². The maximum atomic E-state index is 11.9. The summed E-state index contributed by atoms with van der Waals surface area (Å²) in [6.07, 6.45) is 3.69. The van der Waals surface area contributed by atoms with E-state index in [0.717, 1.165) is 25.9 Å². The second-order valence-corrected chi connectivity index (χ2v) is 5.10. The maximum absolute atomic E-state index is 11.9. The lowest BCUT2D eigenvalue weighted by Crippen LogP contribution is -2.29. The summed E-state index contributed by atoms with van der Waals surface area (Å²) in [6.45, 7) is 1.94. The van der Waals surface area contributed by atoms with E-state index in [9.17, 15) is 4.79 Å². The van der Waals surface area contributed by atoms with E-state index in [4.69, 9.17) is 0 Å². The molecule has 2 aromatic rings. The molecule has 19 heavy (non-hydrogen) atoms. The summed E-state index contributed by atoms with van der Waals surface area (Å²) in [5.41, 5.74) is 1.86. The van der Waals surface area contributed by atoms with Gasteiger partial charge in [0, 0.05) is 0 Å². The number of aromatic nitrogens is 5. The van der Waals surface area contributed by atoms with Gasteiger partial charge in [0.25, 0.3) is 5.91 Å². The quantitative estimate of drug-likeness (QED) is 0.839. The first-order valence-electron chi connectivity index (χ1n) is 6.03. The van der Waals surface area contributed by atoms with Gasteiger partial charge in [0.05, 0.1) is 12.2 Å². The number of amides is 1. The van der Waals surface area contributed by atoms with Crippen molar-refractivity contribution in [3.05, 3.63) is 17.4 Å². The Labute approximate surface area is 113 Å². The zero-order chi connectivity index (χ0) is 13.1. The van der Waals surface area contributed by atoms with Crippen LogP contribution in [0.1, 0.15) is 29.4 Å². The van der Waals surface area contributed by atoms with Gasteiger partial charge in [-0.3, -0.25) is 10.1 Å². The molecule has 0 spiro atoms. The molecule has 0 atom stereocenters. The number of hydrogen-bond acceptors (Lipinski definition) is 7. The summed E-state index contributed by atoms with van der Waals surface area (Å²) in [4.78, 5) is 11.9. The molecule has 9 heteroatoms. The standard InChI is InChI=1S/C10H13N7OS/c18-9(13-10-15-12-6-19-10)8-5-17(16-14-8)7-1-3-11-4-2-7/h5-7,11H,1-4H2,(H,13,15,18). The van der Waals surface area contributed by atoms with Crippen LogP contribution in [0, 0.1) is 0 Å². The molecule has 0 aliphatic carbocycles. The molecule has 1 saturated heterocycles.